The summed E-state index contributed by atoms with van der Waals surface area (Å²) in [6, 6.07) is 15.9. The summed E-state index contributed by atoms with van der Waals surface area (Å²) in [5, 5.41) is 3.77. The molecule has 3 saturated heterocycles. The standard InChI is InChI=1S/C41H40Cl2F3N3O6/c42-32-20-47-21-33(43)31(32)18-35(28-8-11-34(55-41(45)46)36(17-28)52-23-24-4-5-24)53-39(50)29-3-1-2-25(16-29)19-48-38(27-6-9-30(44)10-7-27)40(51)54-37-22-49-14-12-26(37)13-15-49/h1-3,6-11,16-17,20-21,24,26,35,37-38,41,48H,4-5,12-15,18-19,22-23H2/t35-,37-,38?/m0/s1. The smallest absolute Gasteiger partial charge is 0.387 e. The first kappa shape index (κ1) is 38.9. The molecule has 4 fully saturated rings. The second kappa shape index (κ2) is 17.6. The van der Waals surface area contributed by atoms with E-state index in [9.17, 15) is 22.8 Å². The van der Waals surface area contributed by atoms with Crippen LogP contribution in [0.1, 0.15) is 70.4 Å². The van der Waals surface area contributed by atoms with Gasteiger partial charge in [-0.1, -0.05) is 53.5 Å². The van der Waals surface area contributed by atoms with Gasteiger partial charge in [-0.15, -0.1) is 0 Å². The fourth-order valence-corrected chi connectivity index (χ4v) is 7.57. The molecule has 0 radical (unpaired) electrons. The number of piperidine rings is 3. The number of ether oxygens (including phenoxy) is 4. The molecule has 2 bridgehead atoms. The number of carbonyl (C=O) groups is 2. The van der Waals surface area contributed by atoms with Crippen LogP contribution < -0.4 is 14.8 Å². The number of nitrogens with zero attached hydrogens (tertiary/aromatic N) is 2. The van der Waals surface area contributed by atoms with Crippen LogP contribution in [0.3, 0.4) is 0 Å². The summed E-state index contributed by atoms with van der Waals surface area (Å²) >= 11 is 12.9. The molecular weight excluding hydrogens is 758 g/mol. The van der Waals surface area contributed by atoms with Gasteiger partial charge in [0, 0.05) is 31.9 Å². The van der Waals surface area contributed by atoms with E-state index in [1.807, 2.05) is 0 Å². The maximum Gasteiger partial charge on any atom is 0.387 e. The Balaban J connectivity index is 1.10. The first-order chi connectivity index (χ1) is 26.6. The Labute approximate surface area is 327 Å². The Hall–Kier alpha value is -4.36. The Morgan fingerprint density at radius 1 is 0.909 bits per heavy atom. The van der Waals surface area contributed by atoms with Crippen molar-refractivity contribution in [3.8, 4) is 11.5 Å². The molecule has 1 N–H and O–H groups in total. The van der Waals surface area contributed by atoms with E-state index in [1.165, 1.54) is 42.7 Å². The average molecular weight is 799 g/mol. The number of hydrogen-bond donors (Lipinski definition) is 1. The monoisotopic (exact) mass is 797 g/mol. The topological polar surface area (TPSA) is 99.2 Å². The largest absolute Gasteiger partial charge is 0.489 e. The number of aromatic nitrogens is 1. The Kier molecular flexibility index (Phi) is 12.5. The van der Waals surface area contributed by atoms with Gasteiger partial charge in [-0.2, -0.15) is 8.78 Å². The minimum atomic E-state index is -3.07. The van der Waals surface area contributed by atoms with Crippen molar-refractivity contribution in [2.75, 3.05) is 26.2 Å². The van der Waals surface area contributed by atoms with Gasteiger partial charge in [0.15, 0.2) is 11.5 Å². The number of rotatable bonds is 16. The zero-order valence-electron chi connectivity index (χ0n) is 29.8. The third kappa shape index (κ3) is 10.1. The van der Waals surface area contributed by atoms with Crippen molar-refractivity contribution in [1.29, 1.82) is 0 Å². The van der Waals surface area contributed by atoms with Gasteiger partial charge in [-0.3, -0.25) is 15.2 Å². The maximum atomic E-state index is 13.9. The Morgan fingerprint density at radius 2 is 1.64 bits per heavy atom. The molecule has 1 aromatic heterocycles. The predicted molar refractivity (Wildman–Crippen MR) is 199 cm³/mol. The molecule has 3 aliphatic heterocycles. The molecule has 290 valence electrons. The molecular formula is C41H40Cl2F3N3O6. The molecule has 3 aromatic carbocycles. The number of halogens is 5. The van der Waals surface area contributed by atoms with Gasteiger partial charge in [0.05, 0.1) is 22.2 Å². The van der Waals surface area contributed by atoms with Gasteiger partial charge in [0.1, 0.15) is 24.1 Å². The van der Waals surface area contributed by atoms with E-state index in [0.717, 1.165) is 38.8 Å². The number of benzene rings is 3. The van der Waals surface area contributed by atoms with Crippen LogP contribution in [0.4, 0.5) is 13.2 Å². The molecule has 0 amide bonds. The van der Waals surface area contributed by atoms with Crippen molar-refractivity contribution in [3.63, 3.8) is 0 Å². The number of hydrogen-bond acceptors (Lipinski definition) is 9. The minimum absolute atomic E-state index is 0.0331. The Bertz CT molecular complexity index is 1960. The molecule has 1 saturated carbocycles. The van der Waals surface area contributed by atoms with Crippen molar-refractivity contribution in [1.82, 2.24) is 15.2 Å². The first-order valence-electron chi connectivity index (χ1n) is 18.3. The van der Waals surface area contributed by atoms with Crippen molar-refractivity contribution < 1.29 is 41.7 Å². The molecule has 3 atom stereocenters. The van der Waals surface area contributed by atoms with Gasteiger partial charge in [-0.25, -0.2) is 14.0 Å². The van der Waals surface area contributed by atoms with Crippen molar-refractivity contribution in [2.24, 2.45) is 11.8 Å². The lowest BCUT2D eigenvalue weighted by Gasteiger charge is -2.44. The SMILES string of the molecule is O=C(O[C@@H](Cc1c(Cl)cncc1Cl)c1ccc(OC(F)F)c(OCC2CC2)c1)c1cccc(CNC(C(=O)O[C@H]2CN3CCC2CC3)c2ccc(F)cc2)c1. The quantitative estimate of drug-likeness (QED) is 0.112. The van der Waals surface area contributed by atoms with Crippen LogP contribution in [0.25, 0.3) is 0 Å². The molecule has 0 spiro atoms. The van der Waals surface area contributed by atoms with Crippen LogP contribution in [0, 0.1) is 17.7 Å². The van der Waals surface area contributed by atoms with E-state index in [-0.39, 0.29) is 46.2 Å². The summed E-state index contributed by atoms with van der Waals surface area (Å²) in [7, 11) is 0. The molecule has 4 heterocycles. The summed E-state index contributed by atoms with van der Waals surface area (Å²) < 4.78 is 63.2. The molecule has 4 aliphatic rings. The van der Waals surface area contributed by atoms with E-state index >= 15 is 0 Å². The highest BCUT2D eigenvalue weighted by Crippen LogP contribution is 2.38. The van der Waals surface area contributed by atoms with Crippen LogP contribution in [0.2, 0.25) is 10.0 Å². The molecule has 8 rings (SSSR count). The van der Waals surface area contributed by atoms with Crippen molar-refractivity contribution >= 4 is 35.1 Å². The lowest BCUT2D eigenvalue weighted by molar-refractivity contribution is -0.161. The fourth-order valence-electron chi connectivity index (χ4n) is 7.05. The van der Waals surface area contributed by atoms with Crippen LogP contribution in [-0.4, -0.2) is 60.8 Å². The van der Waals surface area contributed by atoms with Crippen LogP contribution in [-0.2, 0) is 27.2 Å². The van der Waals surface area contributed by atoms with Gasteiger partial charge in [0.2, 0.25) is 0 Å². The van der Waals surface area contributed by atoms with Gasteiger partial charge in [-0.05, 0) is 109 Å². The highest BCUT2D eigenvalue weighted by atomic mass is 35.5. The van der Waals surface area contributed by atoms with Crippen LogP contribution in [0.5, 0.6) is 11.5 Å². The maximum absolute atomic E-state index is 13.9. The summed E-state index contributed by atoms with van der Waals surface area (Å²) in [6.45, 7) is 0.122. The predicted octanol–water partition coefficient (Wildman–Crippen LogP) is 8.53. The zero-order valence-corrected chi connectivity index (χ0v) is 31.3. The number of fused-ring (bicyclic) bond motifs is 3. The summed E-state index contributed by atoms with van der Waals surface area (Å²) in [5.74, 6) is -0.975. The second-order valence-corrected chi connectivity index (χ2v) is 15.0. The third-order valence-corrected chi connectivity index (χ3v) is 10.9. The second-order valence-electron chi connectivity index (χ2n) is 14.2. The highest BCUT2D eigenvalue weighted by molar-refractivity contribution is 6.35. The normalized spacial score (nSPS) is 20.1. The number of nitrogens with one attached hydrogen (secondary N) is 1. The van der Waals surface area contributed by atoms with E-state index in [4.69, 9.17) is 42.1 Å². The molecule has 14 heteroatoms. The lowest BCUT2D eigenvalue weighted by Crippen LogP contribution is -2.52. The van der Waals surface area contributed by atoms with Gasteiger partial charge >= 0.3 is 18.6 Å². The first-order valence-corrected chi connectivity index (χ1v) is 19.1. The van der Waals surface area contributed by atoms with E-state index in [0.29, 0.717) is 47.2 Å². The average Bonchev–Trinajstić information content (AvgIpc) is 4.01. The van der Waals surface area contributed by atoms with E-state index in [1.54, 1.807) is 36.4 Å². The van der Waals surface area contributed by atoms with Crippen molar-refractivity contribution in [2.45, 2.75) is 63.5 Å². The third-order valence-electron chi connectivity index (χ3n) is 10.3. The number of esters is 2. The zero-order chi connectivity index (χ0) is 38.5. The highest BCUT2D eigenvalue weighted by Gasteiger charge is 2.38. The summed E-state index contributed by atoms with van der Waals surface area (Å²) in [5.41, 5.74) is 2.33. The van der Waals surface area contributed by atoms with Crippen LogP contribution in [0.15, 0.2) is 79.1 Å². The molecule has 1 unspecified atom stereocenters. The van der Waals surface area contributed by atoms with Gasteiger partial charge in [0.25, 0.3) is 0 Å². The summed E-state index contributed by atoms with van der Waals surface area (Å²) in [6.07, 6.45) is 5.61. The van der Waals surface area contributed by atoms with Crippen LogP contribution >= 0.6 is 23.2 Å². The molecule has 1 aliphatic carbocycles. The number of alkyl halides is 2. The molecule has 55 heavy (non-hydrogen) atoms. The number of carbonyl (C=O) groups excluding carboxylic acids is 2. The van der Waals surface area contributed by atoms with Gasteiger partial charge < -0.3 is 18.9 Å². The lowest BCUT2D eigenvalue weighted by atomic mass is 9.86. The van der Waals surface area contributed by atoms with Crippen molar-refractivity contribution in [3.05, 3.63) is 123 Å². The Morgan fingerprint density at radius 3 is 2.31 bits per heavy atom. The van der Waals surface area contributed by atoms with E-state index in [2.05, 4.69) is 15.2 Å². The number of pyridine rings is 1. The van der Waals surface area contributed by atoms with E-state index < -0.39 is 36.5 Å². The molecule has 9 nitrogen and oxygen atoms in total. The molecule has 4 aromatic rings. The fraction of sp³-hybridized carbons (Fsp3) is 0.390. The summed E-state index contributed by atoms with van der Waals surface area (Å²) in [4.78, 5) is 33.8. The minimum Gasteiger partial charge on any atom is -0.489 e.